The van der Waals surface area contributed by atoms with Crippen molar-refractivity contribution in [2.24, 2.45) is 0 Å². The van der Waals surface area contributed by atoms with Crippen LogP contribution in [0.2, 0.25) is 0 Å². The summed E-state index contributed by atoms with van der Waals surface area (Å²) in [5.74, 6) is 0. The SMILES string of the molecule is CCNCc1cc(C(F)(F)F)ccc1-c1cn[nH]c1. The Morgan fingerprint density at radius 1 is 1.32 bits per heavy atom. The van der Waals surface area contributed by atoms with Crippen LogP contribution in [-0.2, 0) is 12.7 Å². The quantitative estimate of drug-likeness (QED) is 0.894. The van der Waals surface area contributed by atoms with Crippen LogP contribution < -0.4 is 5.32 Å². The zero-order chi connectivity index (χ0) is 13.9. The summed E-state index contributed by atoms with van der Waals surface area (Å²) in [6.07, 6.45) is -1.06. The Morgan fingerprint density at radius 3 is 2.68 bits per heavy atom. The number of H-pyrrole nitrogens is 1. The summed E-state index contributed by atoms with van der Waals surface area (Å²) >= 11 is 0. The molecule has 0 aliphatic carbocycles. The first-order valence-corrected chi connectivity index (χ1v) is 5.92. The molecule has 0 spiro atoms. The van der Waals surface area contributed by atoms with Crippen LogP contribution in [0.1, 0.15) is 18.1 Å². The van der Waals surface area contributed by atoms with E-state index in [2.05, 4.69) is 15.5 Å². The molecule has 1 heterocycles. The van der Waals surface area contributed by atoms with Crippen molar-refractivity contribution in [2.45, 2.75) is 19.6 Å². The number of aromatic amines is 1. The molecule has 0 aliphatic heterocycles. The van der Waals surface area contributed by atoms with Crippen molar-refractivity contribution in [3.05, 3.63) is 41.7 Å². The Hall–Kier alpha value is -1.82. The molecular formula is C13H14F3N3. The van der Waals surface area contributed by atoms with Gasteiger partial charge in [-0.05, 0) is 29.8 Å². The van der Waals surface area contributed by atoms with Crippen molar-refractivity contribution in [3.63, 3.8) is 0 Å². The van der Waals surface area contributed by atoms with Crippen molar-refractivity contribution in [1.82, 2.24) is 15.5 Å². The summed E-state index contributed by atoms with van der Waals surface area (Å²) in [5.41, 5.74) is 1.51. The van der Waals surface area contributed by atoms with Crippen LogP contribution in [0.5, 0.6) is 0 Å². The number of hydrogen-bond donors (Lipinski definition) is 2. The van der Waals surface area contributed by atoms with Crippen molar-refractivity contribution in [2.75, 3.05) is 6.54 Å². The highest BCUT2D eigenvalue weighted by molar-refractivity contribution is 5.66. The van der Waals surface area contributed by atoms with Gasteiger partial charge in [0, 0.05) is 18.3 Å². The van der Waals surface area contributed by atoms with Gasteiger partial charge in [0.2, 0.25) is 0 Å². The second kappa shape index (κ2) is 5.44. The summed E-state index contributed by atoms with van der Waals surface area (Å²) < 4.78 is 38.2. The summed E-state index contributed by atoms with van der Waals surface area (Å²) in [4.78, 5) is 0. The molecule has 2 rings (SSSR count). The van der Waals surface area contributed by atoms with Gasteiger partial charge in [0.25, 0.3) is 0 Å². The van der Waals surface area contributed by atoms with Gasteiger partial charge in [-0.15, -0.1) is 0 Å². The molecule has 0 saturated heterocycles. The molecule has 0 aliphatic rings. The summed E-state index contributed by atoms with van der Waals surface area (Å²) in [6.45, 7) is 2.99. The van der Waals surface area contributed by atoms with E-state index in [0.29, 0.717) is 18.7 Å². The van der Waals surface area contributed by atoms with Gasteiger partial charge >= 0.3 is 6.18 Å². The first kappa shape index (κ1) is 13.6. The maximum atomic E-state index is 12.7. The maximum absolute atomic E-state index is 12.7. The minimum atomic E-state index is -4.32. The van der Waals surface area contributed by atoms with E-state index in [1.165, 1.54) is 12.1 Å². The lowest BCUT2D eigenvalue weighted by atomic mass is 9.99. The number of alkyl halides is 3. The third-order valence-corrected chi connectivity index (χ3v) is 2.81. The van der Waals surface area contributed by atoms with Crippen molar-refractivity contribution >= 4 is 0 Å². The van der Waals surface area contributed by atoms with E-state index in [1.54, 1.807) is 12.4 Å². The number of nitrogens with zero attached hydrogens (tertiary/aromatic N) is 1. The Kier molecular flexibility index (Phi) is 3.90. The van der Waals surface area contributed by atoms with E-state index < -0.39 is 11.7 Å². The molecular weight excluding hydrogens is 255 g/mol. The van der Waals surface area contributed by atoms with Crippen molar-refractivity contribution in [3.8, 4) is 11.1 Å². The van der Waals surface area contributed by atoms with Gasteiger partial charge in [-0.25, -0.2) is 0 Å². The Bertz CT molecular complexity index is 533. The molecule has 2 aromatic rings. The molecule has 0 fully saturated rings. The van der Waals surface area contributed by atoms with Crippen LogP contribution in [0.4, 0.5) is 13.2 Å². The van der Waals surface area contributed by atoms with E-state index in [4.69, 9.17) is 0 Å². The average Bonchev–Trinajstić information content (AvgIpc) is 2.88. The Morgan fingerprint density at radius 2 is 2.11 bits per heavy atom. The lowest BCUT2D eigenvalue weighted by molar-refractivity contribution is -0.137. The van der Waals surface area contributed by atoms with Gasteiger partial charge in [-0.1, -0.05) is 13.0 Å². The second-order valence-corrected chi connectivity index (χ2v) is 4.14. The molecule has 0 unspecified atom stereocenters. The largest absolute Gasteiger partial charge is 0.416 e. The molecule has 1 aromatic carbocycles. The third kappa shape index (κ3) is 3.14. The van der Waals surface area contributed by atoms with Crippen LogP contribution in [0.15, 0.2) is 30.6 Å². The molecule has 0 radical (unpaired) electrons. The van der Waals surface area contributed by atoms with Crippen LogP contribution in [0, 0.1) is 0 Å². The number of halogens is 3. The highest BCUT2D eigenvalue weighted by atomic mass is 19.4. The standard InChI is InChI=1S/C13H14F3N3/c1-2-17-6-9-5-11(13(14,15)16)3-4-12(9)10-7-18-19-8-10/h3-5,7-8,17H,2,6H2,1H3,(H,18,19). The predicted molar refractivity (Wildman–Crippen MR) is 66.4 cm³/mol. The number of aromatic nitrogens is 2. The van der Waals surface area contributed by atoms with E-state index >= 15 is 0 Å². The molecule has 1 aromatic heterocycles. The molecule has 0 saturated carbocycles. The monoisotopic (exact) mass is 269 g/mol. The first-order valence-electron chi connectivity index (χ1n) is 5.92. The minimum absolute atomic E-state index is 0.390. The van der Waals surface area contributed by atoms with Crippen LogP contribution >= 0.6 is 0 Å². The smallest absolute Gasteiger partial charge is 0.313 e. The maximum Gasteiger partial charge on any atom is 0.416 e. The first-order chi connectivity index (χ1) is 9.02. The van der Waals surface area contributed by atoms with Gasteiger partial charge in [-0.3, -0.25) is 5.10 Å². The van der Waals surface area contributed by atoms with E-state index in [9.17, 15) is 13.2 Å². The van der Waals surface area contributed by atoms with Crippen molar-refractivity contribution in [1.29, 1.82) is 0 Å². The average molecular weight is 269 g/mol. The molecule has 3 nitrogen and oxygen atoms in total. The normalized spacial score (nSPS) is 11.8. The topological polar surface area (TPSA) is 40.7 Å². The molecule has 0 atom stereocenters. The number of nitrogens with one attached hydrogen (secondary N) is 2. The predicted octanol–water partition coefficient (Wildman–Crippen LogP) is 3.21. The molecule has 0 amide bonds. The molecule has 19 heavy (non-hydrogen) atoms. The molecule has 0 bridgehead atoms. The Labute approximate surface area is 108 Å². The lowest BCUT2D eigenvalue weighted by Gasteiger charge is -2.13. The fourth-order valence-electron chi connectivity index (χ4n) is 1.86. The highest BCUT2D eigenvalue weighted by Crippen LogP contribution is 2.33. The summed E-state index contributed by atoms with van der Waals surface area (Å²) in [7, 11) is 0. The molecule has 102 valence electrons. The highest BCUT2D eigenvalue weighted by Gasteiger charge is 2.31. The Balaban J connectivity index is 2.43. The van der Waals surface area contributed by atoms with Gasteiger partial charge < -0.3 is 5.32 Å². The number of rotatable bonds is 4. The second-order valence-electron chi connectivity index (χ2n) is 4.14. The van der Waals surface area contributed by atoms with E-state index in [1.807, 2.05) is 6.92 Å². The lowest BCUT2D eigenvalue weighted by Crippen LogP contribution is -2.14. The third-order valence-electron chi connectivity index (χ3n) is 2.81. The minimum Gasteiger partial charge on any atom is -0.313 e. The van der Waals surface area contributed by atoms with Gasteiger partial charge in [0.1, 0.15) is 0 Å². The van der Waals surface area contributed by atoms with E-state index in [-0.39, 0.29) is 0 Å². The fraction of sp³-hybridized carbons (Fsp3) is 0.308. The van der Waals surface area contributed by atoms with Crippen molar-refractivity contribution < 1.29 is 13.2 Å². The number of hydrogen-bond acceptors (Lipinski definition) is 2. The van der Waals surface area contributed by atoms with Crippen LogP contribution in [-0.4, -0.2) is 16.7 Å². The van der Waals surface area contributed by atoms with Crippen LogP contribution in [0.3, 0.4) is 0 Å². The van der Waals surface area contributed by atoms with E-state index in [0.717, 1.165) is 17.2 Å². The zero-order valence-corrected chi connectivity index (χ0v) is 10.4. The van der Waals surface area contributed by atoms with Gasteiger partial charge in [0.15, 0.2) is 0 Å². The molecule has 2 N–H and O–H groups in total. The molecule has 6 heteroatoms. The fourth-order valence-corrected chi connectivity index (χ4v) is 1.86. The summed E-state index contributed by atoms with van der Waals surface area (Å²) in [5, 5.41) is 9.53. The van der Waals surface area contributed by atoms with Gasteiger partial charge in [0.05, 0.1) is 11.8 Å². The number of benzene rings is 1. The zero-order valence-electron chi connectivity index (χ0n) is 10.4. The summed E-state index contributed by atoms with van der Waals surface area (Å²) in [6, 6.07) is 3.77. The van der Waals surface area contributed by atoms with Gasteiger partial charge in [-0.2, -0.15) is 18.3 Å². The van der Waals surface area contributed by atoms with Crippen LogP contribution in [0.25, 0.3) is 11.1 Å².